The Morgan fingerprint density at radius 1 is 0.290 bits per heavy atom. The van der Waals surface area contributed by atoms with Gasteiger partial charge >= 0.3 is 17.9 Å². The first kappa shape index (κ1) is 66.9. The molecule has 0 N–H and O–H groups in total. The maximum atomic E-state index is 12.7. The average molecular weight is 972 g/mol. The van der Waals surface area contributed by atoms with Gasteiger partial charge in [0.2, 0.25) is 0 Å². The molecule has 0 saturated carbocycles. The molecule has 6 nitrogen and oxygen atoms in total. The molecule has 0 aliphatic heterocycles. The SMILES string of the molecule is CCCCCCC/C=C\C/C=C\CCCCCCCCCCCCCCCCCCCCCCCCCC(=O)OCC(COC(=O)CCCCCCCCC)OC(=O)CCCCCCCCCCC. The van der Waals surface area contributed by atoms with E-state index in [-0.39, 0.29) is 31.1 Å². The minimum Gasteiger partial charge on any atom is -0.462 e. The Labute approximate surface area is 430 Å². The number of unbranched alkanes of at least 4 members (excludes halogenated alkanes) is 42. The summed E-state index contributed by atoms with van der Waals surface area (Å²) in [5.74, 6) is -0.857. The molecule has 0 aromatic heterocycles. The molecule has 0 saturated heterocycles. The van der Waals surface area contributed by atoms with Gasteiger partial charge in [-0.15, -0.1) is 0 Å². The highest BCUT2D eigenvalue weighted by Gasteiger charge is 2.19. The molecule has 1 atom stereocenters. The molecule has 0 spiro atoms. The minimum atomic E-state index is -0.760. The molecule has 1 unspecified atom stereocenters. The standard InChI is InChI=1S/C63H118O6/c1-4-7-10-13-16-18-19-20-21-22-23-24-25-26-27-28-29-30-31-32-33-34-35-36-37-38-39-40-41-42-43-45-47-50-53-56-62(65)68-59-60(58-67-61(64)55-52-49-46-15-12-9-6-3)69-63(66)57-54-51-48-44-17-14-11-8-5-2/h19-20,22-23,60H,4-18,21,24-59H2,1-3H3/b20-19-,23-22-. The van der Waals surface area contributed by atoms with Crippen LogP contribution in [0.3, 0.4) is 0 Å². The summed E-state index contributed by atoms with van der Waals surface area (Å²) in [4.78, 5) is 37.7. The normalized spacial score (nSPS) is 12.1. The molecule has 0 aliphatic carbocycles. The van der Waals surface area contributed by atoms with Crippen LogP contribution in [0.15, 0.2) is 24.3 Å². The number of allylic oxidation sites excluding steroid dienone is 4. The van der Waals surface area contributed by atoms with Crippen LogP contribution in [0.1, 0.15) is 342 Å². The van der Waals surface area contributed by atoms with E-state index in [4.69, 9.17) is 14.2 Å². The fourth-order valence-corrected chi connectivity index (χ4v) is 9.30. The van der Waals surface area contributed by atoms with Crippen molar-refractivity contribution in [2.45, 2.75) is 348 Å². The molecule has 0 rings (SSSR count). The smallest absolute Gasteiger partial charge is 0.306 e. The van der Waals surface area contributed by atoms with Crippen molar-refractivity contribution in [1.82, 2.24) is 0 Å². The van der Waals surface area contributed by atoms with Crippen LogP contribution in [0.25, 0.3) is 0 Å². The summed E-state index contributed by atoms with van der Waals surface area (Å²) in [6.07, 6.45) is 69.6. The fraction of sp³-hybridized carbons (Fsp3) is 0.889. The Hall–Kier alpha value is -2.11. The van der Waals surface area contributed by atoms with Gasteiger partial charge in [-0.2, -0.15) is 0 Å². The lowest BCUT2D eigenvalue weighted by Crippen LogP contribution is -2.30. The van der Waals surface area contributed by atoms with Gasteiger partial charge in [0.05, 0.1) is 0 Å². The third-order valence-corrected chi connectivity index (χ3v) is 14.0. The maximum absolute atomic E-state index is 12.7. The predicted molar refractivity (Wildman–Crippen MR) is 298 cm³/mol. The second kappa shape index (κ2) is 58.5. The van der Waals surface area contributed by atoms with Crippen molar-refractivity contribution in [2.75, 3.05) is 13.2 Å². The van der Waals surface area contributed by atoms with Crippen LogP contribution in [-0.2, 0) is 28.6 Å². The van der Waals surface area contributed by atoms with Crippen molar-refractivity contribution in [2.24, 2.45) is 0 Å². The second-order valence-electron chi connectivity index (χ2n) is 21.0. The van der Waals surface area contributed by atoms with E-state index in [2.05, 4.69) is 45.1 Å². The van der Waals surface area contributed by atoms with Crippen molar-refractivity contribution in [3.63, 3.8) is 0 Å². The number of carbonyl (C=O) groups is 3. The Kier molecular flexibility index (Phi) is 56.7. The van der Waals surface area contributed by atoms with E-state index in [1.54, 1.807) is 0 Å². The summed E-state index contributed by atoms with van der Waals surface area (Å²) in [5, 5.41) is 0. The molecular formula is C63H118O6. The summed E-state index contributed by atoms with van der Waals surface area (Å²) < 4.78 is 16.7. The molecule has 69 heavy (non-hydrogen) atoms. The number of ether oxygens (including phenoxy) is 3. The number of esters is 3. The molecular weight excluding hydrogens is 853 g/mol. The highest BCUT2D eigenvalue weighted by Crippen LogP contribution is 2.18. The largest absolute Gasteiger partial charge is 0.462 e. The Balaban J connectivity index is 3.80. The van der Waals surface area contributed by atoms with E-state index in [1.165, 1.54) is 238 Å². The third kappa shape index (κ3) is 56.7. The Morgan fingerprint density at radius 3 is 0.797 bits per heavy atom. The van der Waals surface area contributed by atoms with Crippen LogP contribution >= 0.6 is 0 Å². The number of carbonyl (C=O) groups excluding carboxylic acids is 3. The van der Waals surface area contributed by atoms with Gasteiger partial charge in [-0.25, -0.2) is 0 Å². The lowest BCUT2D eigenvalue weighted by atomic mass is 10.0. The van der Waals surface area contributed by atoms with Crippen molar-refractivity contribution >= 4 is 17.9 Å². The average Bonchev–Trinajstić information content (AvgIpc) is 3.35. The van der Waals surface area contributed by atoms with Crippen molar-refractivity contribution in [3.8, 4) is 0 Å². The first-order chi connectivity index (χ1) is 34.0. The lowest BCUT2D eigenvalue weighted by molar-refractivity contribution is -0.167. The first-order valence-corrected chi connectivity index (χ1v) is 30.8. The van der Waals surface area contributed by atoms with E-state index in [1.807, 2.05) is 0 Å². The van der Waals surface area contributed by atoms with Gasteiger partial charge in [-0.05, 0) is 51.4 Å². The zero-order chi connectivity index (χ0) is 50.0. The number of rotatable bonds is 57. The predicted octanol–water partition coefficient (Wildman–Crippen LogP) is 20.7. The molecule has 0 amide bonds. The molecule has 0 aromatic carbocycles. The van der Waals surface area contributed by atoms with Crippen LogP contribution in [0.2, 0.25) is 0 Å². The van der Waals surface area contributed by atoms with Gasteiger partial charge in [0.15, 0.2) is 6.10 Å². The van der Waals surface area contributed by atoms with E-state index >= 15 is 0 Å². The summed E-state index contributed by atoms with van der Waals surface area (Å²) in [7, 11) is 0. The Bertz CT molecular complexity index is 1110. The van der Waals surface area contributed by atoms with E-state index in [9.17, 15) is 14.4 Å². The molecule has 0 bridgehead atoms. The monoisotopic (exact) mass is 971 g/mol. The van der Waals surface area contributed by atoms with E-state index in [0.717, 1.165) is 64.2 Å². The zero-order valence-electron chi connectivity index (χ0n) is 46.6. The topological polar surface area (TPSA) is 78.9 Å². The van der Waals surface area contributed by atoms with Crippen LogP contribution in [0, 0.1) is 0 Å². The number of hydrogen-bond donors (Lipinski definition) is 0. The Morgan fingerprint density at radius 2 is 0.522 bits per heavy atom. The molecule has 0 radical (unpaired) electrons. The molecule has 0 heterocycles. The van der Waals surface area contributed by atoms with Gasteiger partial charge < -0.3 is 14.2 Å². The summed E-state index contributed by atoms with van der Waals surface area (Å²) in [6.45, 7) is 6.60. The molecule has 0 aromatic rings. The van der Waals surface area contributed by atoms with Gasteiger partial charge in [-0.1, -0.05) is 295 Å². The van der Waals surface area contributed by atoms with Gasteiger partial charge in [0.1, 0.15) is 13.2 Å². The first-order valence-electron chi connectivity index (χ1n) is 30.8. The van der Waals surface area contributed by atoms with Crippen LogP contribution in [0.4, 0.5) is 0 Å². The van der Waals surface area contributed by atoms with Crippen molar-refractivity contribution in [3.05, 3.63) is 24.3 Å². The van der Waals surface area contributed by atoms with Crippen LogP contribution in [0.5, 0.6) is 0 Å². The molecule has 0 aliphatic rings. The van der Waals surface area contributed by atoms with Gasteiger partial charge in [0.25, 0.3) is 0 Å². The van der Waals surface area contributed by atoms with Gasteiger partial charge in [0, 0.05) is 19.3 Å². The van der Waals surface area contributed by atoms with E-state index < -0.39 is 6.10 Å². The highest BCUT2D eigenvalue weighted by molar-refractivity contribution is 5.71. The highest BCUT2D eigenvalue weighted by atomic mass is 16.6. The van der Waals surface area contributed by atoms with Crippen molar-refractivity contribution < 1.29 is 28.6 Å². The maximum Gasteiger partial charge on any atom is 0.306 e. The fourth-order valence-electron chi connectivity index (χ4n) is 9.30. The second-order valence-corrected chi connectivity index (χ2v) is 21.0. The van der Waals surface area contributed by atoms with E-state index in [0.29, 0.717) is 19.3 Å². The lowest BCUT2D eigenvalue weighted by Gasteiger charge is -2.18. The molecule has 6 heteroatoms. The quantitative estimate of drug-likeness (QED) is 0.0261. The number of hydrogen-bond acceptors (Lipinski definition) is 6. The minimum absolute atomic E-state index is 0.0649. The summed E-state index contributed by atoms with van der Waals surface area (Å²) in [5.41, 5.74) is 0. The molecule has 0 fully saturated rings. The van der Waals surface area contributed by atoms with Crippen LogP contribution < -0.4 is 0 Å². The molecule has 406 valence electrons. The van der Waals surface area contributed by atoms with Crippen molar-refractivity contribution in [1.29, 1.82) is 0 Å². The van der Waals surface area contributed by atoms with Gasteiger partial charge in [-0.3, -0.25) is 14.4 Å². The summed E-state index contributed by atoms with van der Waals surface area (Å²) in [6, 6.07) is 0. The summed E-state index contributed by atoms with van der Waals surface area (Å²) >= 11 is 0. The zero-order valence-corrected chi connectivity index (χ0v) is 46.6. The third-order valence-electron chi connectivity index (χ3n) is 14.0. The van der Waals surface area contributed by atoms with Crippen LogP contribution in [-0.4, -0.2) is 37.2 Å².